The summed E-state index contributed by atoms with van der Waals surface area (Å²) in [4.78, 5) is 0. The molecule has 0 spiro atoms. The monoisotopic (exact) mass is 178 g/mol. The van der Waals surface area contributed by atoms with Crippen LogP contribution < -0.4 is 0 Å². The Morgan fingerprint density at radius 2 is 2.00 bits per heavy atom. The van der Waals surface area contributed by atoms with Crippen molar-refractivity contribution in [3.63, 3.8) is 0 Å². The van der Waals surface area contributed by atoms with Gasteiger partial charge in [-0.3, -0.25) is 0 Å². The third-order valence-electron chi connectivity index (χ3n) is 2.20. The number of hydrogen-bond acceptors (Lipinski definition) is 3. The molecule has 1 rings (SSSR count). The van der Waals surface area contributed by atoms with E-state index in [0.29, 0.717) is 6.42 Å². The van der Waals surface area contributed by atoms with E-state index in [-0.39, 0.29) is 11.5 Å². The summed E-state index contributed by atoms with van der Waals surface area (Å²) in [5.41, 5.74) is -0.461. The molecule has 11 heavy (non-hydrogen) atoms. The van der Waals surface area contributed by atoms with Gasteiger partial charge < -0.3 is 5.11 Å². The first kappa shape index (κ1) is 9.00. The molecule has 0 saturated carbocycles. The van der Waals surface area contributed by atoms with Crippen LogP contribution in [0, 0.1) is 5.41 Å². The van der Waals surface area contributed by atoms with Crippen molar-refractivity contribution in [2.45, 2.75) is 26.4 Å². The van der Waals surface area contributed by atoms with Gasteiger partial charge in [0.25, 0.3) is 0 Å². The summed E-state index contributed by atoms with van der Waals surface area (Å²) in [7, 11) is -2.88. The van der Waals surface area contributed by atoms with Gasteiger partial charge in [-0.25, -0.2) is 8.42 Å². The van der Waals surface area contributed by atoms with Crippen molar-refractivity contribution in [1.82, 2.24) is 0 Å². The summed E-state index contributed by atoms with van der Waals surface area (Å²) < 4.78 is 22.2. The lowest BCUT2D eigenvalue weighted by molar-refractivity contribution is 0.0572. The number of rotatable bonds is 0. The van der Waals surface area contributed by atoms with E-state index in [0.717, 1.165) is 0 Å². The summed E-state index contributed by atoms with van der Waals surface area (Å²) in [5.74, 6) is 0.249. The summed E-state index contributed by atoms with van der Waals surface area (Å²) >= 11 is 0. The van der Waals surface area contributed by atoms with Gasteiger partial charge in [0.1, 0.15) is 0 Å². The Morgan fingerprint density at radius 3 is 2.36 bits per heavy atom. The van der Waals surface area contributed by atoms with Crippen molar-refractivity contribution in [3.05, 3.63) is 0 Å². The zero-order valence-electron chi connectivity index (χ0n) is 6.87. The Balaban J connectivity index is 2.83. The normalized spacial score (nSPS) is 35.0. The van der Waals surface area contributed by atoms with Crippen LogP contribution in [0.4, 0.5) is 0 Å². The molecular weight excluding hydrogens is 164 g/mol. The Bertz CT molecular complexity index is 240. The summed E-state index contributed by atoms with van der Waals surface area (Å²) in [6, 6.07) is 0. The molecule has 1 saturated heterocycles. The van der Waals surface area contributed by atoms with Crippen LogP contribution in [-0.4, -0.2) is 31.1 Å². The highest BCUT2D eigenvalue weighted by molar-refractivity contribution is 7.91. The first-order valence-corrected chi connectivity index (χ1v) is 5.54. The van der Waals surface area contributed by atoms with Crippen LogP contribution in [0.5, 0.6) is 0 Å². The van der Waals surface area contributed by atoms with Crippen molar-refractivity contribution >= 4 is 9.84 Å². The van der Waals surface area contributed by atoms with Gasteiger partial charge in [0.15, 0.2) is 9.84 Å². The summed E-state index contributed by atoms with van der Waals surface area (Å²) in [6.45, 7) is 3.57. The smallest absolute Gasteiger partial charge is 0.151 e. The maximum absolute atomic E-state index is 11.1. The van der Waals surface area contributed by atoms with Crippen LogP contribution in [0.15, 0.2) is 0 Å². The van der Waals surface area contributed by atoms with Crippen LogP contribution in [-0.2, 0) is 9.84 Å². The van der Waals surface area contributed by atoms with Crippen LogP contribution in [0.1, 0.15) is 20.3 Å². The van der Waals surface area contributed by atoms with Crippen molar-refractivity contribution < 1.29 is 13.5 Å². The van der Waals surface area contributed by atoms with E-state index in [1.165, 1.54) is 0 Å². The molecule has 1 heterocycles. The zero-order valence-corrected chi connectivity index (χ0v) is 7.69. The standard InChI is InChI=1S/C7H14O3S/c1-7(2)5-11(9,10)4-3-6(7)8/h6,8H,3-5H2,1-2H3/t6-/m1/s1. The van der Waals surface area contributed by atoms with E-state index in [9.17, 15) is 13.5 Å². The van der Waals surface area contributed by atoms with Crippen LogP contribution in [0.3, 0.4) is 0 Å². The van der Waals surface area contributed by atoms with E-state index in [1.807, 2.05) is 0 Å². The third kappa shape index (κ3) is 1.93. The Hall–Kier alpha value is -0.0900. The first-order valence-electron chi connectivity index (χ1n) is 3.72. The molecule has 1 aliphatic heterocycles. The molecule has 0 aromatic rings. The van der Waals surface area contributed by atoms with Gasteiger partial charge in [-0.2, -0.15) is 0 Å². The van der Waals surface area contributed by atoms with E-state index in [1.54, 1.807) is 13.8 Å². The predicted octanol–water partition coefficient (Wildman–Crippen LogP) is 0.192. The fourth-order valence-electron chi connectivity index (χ4n) is 1.42. The number of sulfone groups is 1. The minimum atomic E-state index is -2.88. The molecule has 0 unspecified atom stereocenters. The van der Waals surface area contributed by atoms with Crippen molar-refractivity contribution in [2.75, 3.05) is 11.5 Å². The molecule has 3 nitrogen and oxygen atoms in total. The van der Waals surface area contributed by atoms with E-state index >= 15 is 0 Å². The topological polar surface area (TPSA) is 54.4 Å². The molecule has 1 aliphatic rings. The number of aliphatic hydroxyl groups excluding tert-OH is 1. The van der Waals surface area contributed by atoms with Gasteiger partial charge in [-0.05, 0) is 6.42 Å². The quantitative estimate of drug-likeness (QED) is 0.576. The van der Waals surface area contributed by atoms with Crippen LogP contribution in [0.2, 0.25) is 0 Å². The first-order chi connectivity index (χ1) is 4.83. The number of aliphatic hydroxyl groups is 1. The summed E-state index contributed by atoms with van der Waals surface area (Å²) in [6.07, 6.45) is -0.0824. The highest BCUT2D eigenvalue weighted by Gasteiger charge is 2.38. The lowest BCUT2D eigenvalue weighted by Crippen LogP contribution is -2.42. The Labute approximate surface area is 67.3 Å². The SMILES string of the molecule is CC1(C)CS(=O)(=O)CC[C@H]1O. The largest absolute Gasteiger partial charge is 0.393 e. The summed E-state index contributed by atoms with van der Waals surface area (Å²) in [5, 5.41) is 9.40. The highest BCUT2D eigenvalue weighted by Crippen LogP contribution is 2.30. The minimum absolute atomic E-state index is 0.112. The van der Waals surface area contributed by atoms with Gasteiger partial charge in [0.05, 0.1) is 17.6 Å². The van der Waals surface area contributed by atoms with Crippen molar-refractivity contribution in [2.24, 2.45) is 5.41 Å². The fraction of sp³-hybridized carbons (Fsp3) is 1.00. The minimum Gasteiger partial charge on any atom is -0.393 e. The second-order valence-electron chi connectivity index (χ2n) is 3.89. The molecule has 4 heteroatoms. The zero-order chi connectivity index (χ0) is 8.70. The number of hydrogen-bond donors (Lipinski definition) is 1. The molecule has 1 fully saturated rings. The van der Waals surface area contributed by atoms with E-state index < -0.39 is 21.4 Å². The lowest BCUT2D eigenvalue weighted by atomic mass is 9.87. The van der Waals surface area contributed by atoms with Gasteiger partial charge in [-0.1, -0.05) is 13.8 Å². The highest BCUT2D eigenvalue weighted by atomic mass is 32.2. The average Bonchev–Trinajstić information content (AvgIpc) is 1.77. The molecule has 0 bridgehead atoms. The molecule has 1 atom stereocenters. The van der Waals surface area contributed by atoms with Crippen molar-refractivity contribution in [3.8, 4) is 0 Å². The molecule has 0 aromatic carbocycles. The molecule has 0 amide bonds. The van der Waals surface area contributed by atoms with Gasteiger partial charge in [-0.15, -0.1) is 0 Å². The maximum Gasteiger partial charge on any atom is 0.151 e. The molecule has 66 valence electrons. The molecule has 0 aromatic heterocycles. The maximum atomic E-state index is 11.1. The fourth-order valence-corrected chi connectivity index (χ4v) is 3.47. The average molecular weight is 178 g/mol. The lowest BCUT2D eigenvalue weighted by Gasteiger charge is -2.34. The molecule has 0 radical (unpaired) electrons. The van der Waals surface area contributed by atoms with Crippen LogP contribution >= 0.6 is 0 Å². The van der Waals surface area contributed by atoms with Gasteiger partial charge in [0, 0.05) is 5.41 Å². The van der Waals surface area contributed by atoms with Crippen molar-refractivity contribution in [1.29, 1.82) is 0 Å². The Kier molecular flexibility index (Phi) is 2.01. The molecule has 1 N–H and O–H groups in total. The second kappa shape index (κ2) is 2.45. The second-order valence-corrected chi connectivity index (χ2v) is 6.07. The van der Waals surface area contributed by atoms with E-state index in [4.69, 9.17) is 0 Å². The van der Waals surface area contributed by atoms with Gasteiger partial charge >= 0.3 is 0 Å². The molecule has 0 aliphatic carbocycles. The van der Waals surface area contributed by atoms with Crippen LogP contribution in [0.25, 0.3) is 0 Å². The Morgan fingerprint density at radius 1 is 1.45 bits per heavy atom. The predicted molar refractivity (Wildman–Crippen MR) is 43.1 cm³/mol. The van der Waals surface area contributed by atoms with E-state index in [2.05, 4.69) is 0 Å². The molecular formula is C7H14O3S. The van der Waals surface area contributed by atoms with Gasteiger partial charge in [0.2, 0.25) is 0 Å². The third-order valence-corrected chi connectivity index (χ3v) is 4.24.